The molecule has 0 saturated heterocycles. The van der Waals surface area contributed by atoms with Crippen LogP contribution in [0.5, 0.6) is 5.75 Å². The molecule has 0 aliphatic heterocycles. The number of phenols is 1. The maximum absolute atomic E-state index is 12.9. The Morgan fingerprint density at radius 2 is 2.00 bits per heavy atom. The monoisotopic (exact) mass is 229 g/mol. The van der Waals surface area contributed by atoms with Gasteiger partial charge in [-0.25, -0.2) is 4.39 Å². The Balaban J connectivity index is 2.86. The molecule has 0 spiro atoms. The fourth-order valence-electron chi connectivity index (χ4n) is 1.31. The second kappa shape index (κ2) is 4.91. The number of nitrogens with two attached hydrogens (primary N) is 1. The van der Waals surface area contributed by atoms with Crippen molar-refractivity contribution in [3.8, 4) is 5.75 Å². The van der Waals surface area contributed by atoms with Gasteiger partial charge in [0.1, 0.15) is 17.7 Å². The van der Waals surface area contributed by atoms with E-state index in [1.54, 1.807) is 0 Å². The van der Waals surface area contributed by atoms with Crippen LogP contribution in [0.1, 0.15) is 18.1 Å². The van der Waals surface area contributed by atoms with Crippen molar-refractivity contribution in [3.05, 3.63) is 29.6 Å². The van der Waals surface area contributed by atoms with Crippen molar-refractivity contribution in [2.45, 2.75) is 18.6 Å². The van der Waals surface area contributed by atoms with E-state index >= 15 is 0 Å². The summed E-state index contributed by atoms with van der Waals surface area (Å²) in [7, 11) is 0. The molecule has 16 heavy (non-hydrogen) atoms. The van der Waals surface area contributed by atoms with Crippen LogP contribution in [-0.4, -0.2) is 27.3 Å². The summed E-state index contributed by atoms with van der Waals surface area (Å²) in [5, 5.41) is 28.0. The van der Waals surface area contributed by atoms with Crippen LogP contribution in [-0.2, 0) is 4.79 Å². The Hall–Kier alpha value is -1.66. The highest BCUT2D eigenvalue weighted by Gasteiger charge is 2.21. The normalized spacial score (nSPS) is 14.4. The zero-order valence-electron chi connectivity index (χ0n) is 8.30. The predicted molar refractivity (Wildman–Crippen MR) is 52.8 cm³/mol. The van der Waals surface area contributed by atoms with E-state index in [0.29, 0.717) is 0 Å². The van der Waals surface area contributed by atoms with Gasteiger partial charge in [0.05, 0.1) is 12.5 Å². The predicted octanol–water partition coefficient (Wildman–Crippen LogP) is -0.199. The molecule has 0 bridgehead atoms. The number of halogens is 1. The summed E-state index contributed by atoms with van der Waals surface area (Å²) in [6.45, 7) is 0. The third kappa shape index (κ3) is 3.18. The summed E-state index contributed by atoms with van der Waals surface area (Å²) < 4.78 is 12.9. The minimum absolute atomic E-state index is 0.0220. The molecular formula is C10H12FNO4. The lowest BCUT2D eigenvalue weighted by atomic mass is 10.0. The SMILES string of the molecule is NC(=O)CC(O)C(O)c1cc(O)cc(F)c1. The molecule has 0 fully saturated rings. The minimum atomic E-state index is -1.48. The van der Waals surface area contributed by atoms with E-state index in [-0.39, 0.29) is 11.3 Å². The van der Waals surface area contributed by atoms with Crippen LogP contribution < -0.4 is 5.73 Å². The summed E-state index contributed by atoms with van der Waals surface area (Å²) in [4.78, 5) is 10.5. The molecular weight excluding hydrogens is 217 g/mol. The van der Waals surface area contributed by atoms with E-state index in [4.69, 9.17) is 10.8 Å². The van der Waals surface area contributed by atoms with Crippen LogP contribution in [0.15, 0.2) is 18.2 Å². The molecule has 0 aliphatic rings. The zero-order valence-corrected chi connectivity index (χ0v) is 8.30. The van der Waals surface area contributed by atoms with Crippen molar-refractivity contribution in [1.29, 1.82) is 0 Å². The third-order valence-electron chi connectivity index (χ3n) is 2.02. The average molecular weight is 229 g/mol. The molecule has 0 aromatic heterocycles. The molecule has 6 heteroatoms. The lowest BCUT2D eigenvalue weighted by molar-refractivity contribution is -0.121. The Kier molecular flexibility index (Phi) is 3.81. The van der Waals surface area contributed by atoms with Crippen LogP contribution in [0.2, 0.25) is 0 Å². The summed E-state index contributed by atoms with van der Waals surface area (Å²) in [5.74, 6) is -1.91. The number of primary amides is 1. The number of benzene rings is 1. The number of carbonyl (C=O) groups is 1. The number of hydrogen-bond donors (Lipinski definition) is 4. The van der Waals surface area contributed by atoms with Crippen molar-refractivity contribution in [3.63, 3.8) is 0 Å². The quantitative estimate of drug-likeness (QED) is 0.574. The lowest BCUT2D eigenvalue weighted by Crippen LogP contribution is -2.25. The molecule has 0 aliphatic carbocycles. The Morgan fingerprint density at radius 3 is 2.50 bits per heavy atom. The summed E-state index contributed by atoms with van der Waals surface area (Å²) in [6.07, 6.45) is -3.36. The molecule has 0 radical (unpaired) electrons. The number of aliphatic hydroxyl groups excluding tert-OH is 2. The van der Waals surface area contributed by atoms with Crippen LogP contribution >= 0.6 is 0 Å². The molecule has 5 nitrogen and oxygen atoms in total. The smallest absolute Gasteiger partial charge is 0.220 e. The van der Waals surface area contributed by atoms with Crippen molar-refractivity contribution in [1.82, 2.24) is 0 Å². The van der Waals surface area contributed by atoms with Crippen molar-refractivity contribution in [2.75, 3.05) is 0 Å². The first-order chi connectivity index (χ1) is 7.40. The van der Waals surface area contributed by atoms with Crippen molar-refractivity contribution >= 4 is 5.91 Å². The van der Waals surface area contributed by atoms with Crippen molar-refractivity contribution < 1.29 is 24.5 Å². The lowest BCUT2D eigenvalue weighted by Gasteiger charge is -2.16. The molecule has 0 heterocycles. The first kappa shape index (κ1) is 12.4. The van der Waals surface area contributed by atoms with Gasteiger partial charge in [-0.05, 0) is 17.7 Å². The number of aliphatic hydroxyl groups is 2. The number of carbonyl (C=O) groups excluding carboxylic acids is 1. The molecule has 1 aromatic rings. The van der Waals surface area contributed by atoms with Gasteiger partial charge in [-0.1, -0.05) is 0 Å². The molecule has 1 amide bonds. The van der Waals surface area contributed by atoms with E-state index in [0.717, 1.165) is 18.2 Å². The second-order valence-electron chi connectivity index (χ2n) is 3.43. The second-order valence-corrected chi connectivity index (χ2v) is 3.43. The van der Waals surface area contributed by atoms with Crippen molar-refractivity contribution in [2.24, 2.45) is 5.73 Å². The van der Waals surface area contributed by atoms with Gasteiger partial charge in [0.25, 0.3) is 0 Å². The number of amides is 1. The molecule has 5 N–H and O–H groups in total. The Bertz CT molecular complexity index is 376. The van der Waals surface area contributed by atoms with Crippen LogP contribution in [0.3, 0.4) is 0 Å². The molecule has 1 aromatic carbocycles. The molecule has 0 saturated carbocycles. The largest absolute Gasteiger partial charge is 0.508 e. The van der Waals surface area contributed by atoms with Gasteiger partial charge >= 0.3 is 0 Å². The van der Waals surface area contributed by atoms with Crippen LogP contribution in [0.4, 0.5) is 4.39 Å². The molecule has 2 unspecified atom stereocenters. The van der Waals surface area contributed by atoms with Gasteiger partial charge in [0.15, 0.2) is 0 Å². The minimum Gasteiger partial charge on any atom is -0.508 e. The number of rotatable bonds is 4. The highest BCUT2D eigenvalue weighted by atomic mass is 19.1. The van der Waals surface area contributed by atoms with Gasteiger partial charge in [-0.2, -0.15) is 0 Å². The van der Waals surface area contributed by atoms with E-state index in [1.807, 2.05) is 0 Å². The van der Waals surface area contributed by atoms with Gasteiger partial charge in [0, 0.05) is 6.07 Å². The number of hydrogen-bond acceptors (Lipinski definition) is 4. The maximum Gasteiger partial charge on any atom is 0.220 e. The zero-order chi connectivity index (χ0) is 12.3. The number of aromatic hydroxyl groups is 1. The van der Waals surface area contributed by atoms with E-state index in [1.165, 1.54) is 0 Å². The highest BCUT2D eigenvalue weighted by Crippen LogP contribution is 2.23. The van der Waals surface area contributed by atoms with Gasteiger partial charge in [0.2, 0.25) is 5.91 Å². The Morgan fingerprint density at radius 1 is 1.38 bits per heavy atom. The van der Waals surface area contributed by atoms with Gasteiger partial charge in [-0.15, -0.1) is 0 Å². The van der Waals surface area contributed by atoms with Gasteiger partial charge in [-0.3, -0.25) is 4.79 Å². The van der Waals surface area contributed by atoms with E-state index in [9.17, 15) is 19.4 Å². The standard InChI is InChI=1S/C10H12FNO4/c11-6-1-5(2-7(13)3-6)10(16)8(14)4-9(12)15/h1-3,8,10,13-14,16H,4H2,(H2,12,15). The van der Waals surface area contributed by atoms with E-state index < -0.39 is 30.4 Å². The molecule has 88 valence electrons. The Labute approximate surface area is 90.9 Å². The topological polar surface area (TPSA) is 104 Å². The third-order valence-corrected chi connectivity index (χ3v) is 2.02. The van der Waals surface area contributed by atoms with Crippen LogP contribution in [0, 0.1) is 5.82 Å². The summed E-state index contributed by atoms with van der Waals surface area (Å²) in [6, 6.07) is 2.91. The van der Waals surface area contributed by atoms with E-state index in [2.05, 4.69) is 0 Å². The first-order valence-corrected chi connectivity index (χ1v) is 4.54. The molecule has 1 rings (SSSR count). The first-order valence-electron chi connectivity index (χ1n) is 4.54. The summed E-state index contributed by atoms with van der Waals surface area (Å²) in [5.41, 5.74) is 4.81. The highest BCUT2D eigenvalue weighted by molar-refractivity contribution is 5.74. The van der Waals surface area contributed by atoms with Crippen LogP contribution in [0.25, 0.3) is 0 Å². The summed E-state index contributed by atoms with van der Waals surface area (Å²) >= 11 is 0. The fourth-order valence-corrected chi connectivity index (χ4v) is 1.31. The van der Waals surface area contributed by atoms with Gasteiger partial charge < -0.3 is 21.1 Å². The molecule has 2 atom stereocenters. The maximum atomic E-state index is 12.9. The average Bonchev–Trinajstić information content (AvgIpc) is 2.13. The number of phenolic OH excluding ortho intramolecular Hbond substituents is 1. The fraction of sp³-hybridized carbons (Fsp3) is 0.300.